The molecular formula is C22H15F4N3O2. The number of imidazole rings is 1. The smallest absolute Gasteiger partial charge is 0.406 e. The van der Waals surface area contributed by atoms with E-state index in [1.807, 2.05) is 0 Å². The summed E-state index contributed by atoms with van der Waals surface area (Å²) in [4.78, 5) is 21.2. The van der Waals surface area contributed by atoms with E-state index in [-0.39, 0.29) is 17.9 Å². The summed E-state index contributed by atoms with van der Waals surface area (Å²) in [6, 6.07) is 10.9. The third-order valence-electron chi connectivity index (χ3n) is 4.73. The molecule has 0 N–H and O–H groups in total. The molecule has 0 aliphatic rings. The molecule has 9 heteroatoms. The van der Waals surface area contributed by atoms with Gasteiger partial charge in [-0.25, -0.2) is 9.37 Å². The number of fused-ring (bicyclic) bond motifs is 1. The number of hydrogen-bond acceptors (Lipinski definition) is 4. The lowest BCUT2D eigenvalue weighted by molar-refractivity contribution is -0.274. The maximum absolute atomic E-state index is 14.5. The fraction of sp³-hybridized carbons (Fsp3) is 0.136. The van der Waals surface area contributed by atoms with Crippen LogP contribution in [0.2, 0.25) is 0 Å². The Kier molecular flexibility index (Phi) is 5.41. The van der Waals surface area contributed by atoms with Crippen LogP contribution in [-0.2, 0) is 0 Å². The van der Waals surface area contributed by atoms with Gasteiger partial charge in [-0.2, -0.15) is 0 Å². The molecule has 1 aromatic carbocycles. The summed E-state index contributed by atoms with van der Waals surface area (Å²) in [6.07, 6.45) is 1.36. The number of pyridine rings is 2. The van der Waals surface area contributed by atoms with Gasteiger partial charge in [-0.3, -0.25) is 9.78 Å². The Morgan fingerprint density at radius 3 is 2.52 bits per heavy atom. The molecule has 3 aromatic heterocycles. The topological polar surface area (TPSA) is 56.5 Å². The number of rotatable bonds is 6. The Bertz CT molecular complexity index is 1220. The molecule has 4 rings (SSSR count). The Morgan fingerprint density at radius 2 is 1.81 bits per heavy atom. The quantitative estimate of drug-likeness (QED) is 0.313. The van der Waals surface area contributed by atoms with Gasteiger partial charge in [0.15, 0.2) is 5.78 Å². The number of nitrogens with zero attached hydrogens (tertiary/aromatic N) is 3. The van der Waals surface area contributed by atoms with Crippen LogP contribution >= 0.6 is 0 Å². The zero-order valence-corrected chi connectivity index (χ0v) is 15.9. The second-order valence-electron chi connectivity index (χ2n) is 6.78. The highest BCUT2D eigenvalue weighted by molar-refractivity contribution is 5.96. The number of carbonyl (C=O) groups is 1. The number of alkyl halides is 3. The summed E-state index contributed by atoms with van der Waals surface area (Å²) in [5.41, 5.74) is 1.53. The van der Waals surface area contributed by atoms with Crippen LogP contribution in [0.4, 0.5) is 17.6 Å². The van der Waals surface area contributed by atoms with Crippen molar-refractivity contribution in [2.75, 3.05) is 0 Å². The Hall–Kier alpha value is -3.75. The van der Waals surface area contributed by atoms with Gasteiger partial charge < -0.3 is 9.14 Å². The van der Waals surface area contributed by atoms with E-state index in [4.69, 9.17) is 0 Å². The number of ether oxygens (including phenoxy) is 1. The van der Waals surface area contributed by atoms with Gasteiger partial charge in [0.25, 0.3) is 0 Å². The largest absolute Gasteiger partial charge is 0.573 e. The van der Waals surface area contributed by atoms with Crippen LogP contribution < -0.4 is 4.74 Å². The highest BCUT2D eigenvalue weighted by Crippen LogP contribution is 2.32. The molecule has 4 aromatic rings. The summed E-state index contributed by atoms with van der Waals surface area (Å²) in [5, 5.41) is 0. The molecule has 31 heavy (non-hydrogen) atoms. The number of aromatic nitrogens is 3. The van der Waals surface area contributed by atoms with Crippen molar-refractivity contribution in [1.82, 2.24) is 14.4 Å². The van der Waals surface area contributed by atoms with Crippen molar-refractivity contribution in [2.24, 2.45) is 0 Å². The number of ketones is 1. The standard InChI is InChI=1S/C22H15F4N3O2/c23-18-2-1-9-28-21(18)17(14-3-6-16(7-4-14)31-22(24,25)26)12-19(30)15-5-8-20-27-10-11-29(20)13-15/h1-11,13,17H,12H2/t17-/m0/s1. The second kappa shape index (κ2) is 8.17. The number of Topliss-reactive ketones (excluding diaryl/α,β-unsaturated/α-hetero) is 1. The molecule has 3 heterocycles. The average molecular weight is 429 g/mol. The zero-order valence-electron chi connectivity index (χ0n) is 15.9. The van der Waals surface area contributed by atoms with Crippen molar-refractivity contribution >= 4 is 11.4 Å². The van der Waals surface area contributed by atoms with Gasteiger partial charge in [0.2, 0.25) is 0 Å². The maximum Gasteiger partial charge on any atom is 0.573 e. The van der Waals surface area contributed by atoms with Crippen LogP contribution in [0.15, 0.2) is 73.3 Å². The van der Waals surface area contributed by atoms with Gasteiger partial charge in [-0.1, -0.05) is 12.1 Å². The van der Waals surface area contributed by atoms with Crippen molar-refractivity contribution in [1.29, 1.82) is 0 Å². The van der Waals surface area contributed by atoms with Crippen LogP contribution in [0.1, 0.15) is 34.0 Å². The molecule has 0 saturated carbocycles. The molecule has 0 radical (unpaired) electrons. The average Bonchev–Trinajstić information content (AvgIpc) is 3.20. The molecule has 158 valence electrons. The van der Waals surface area contributed by atoms with Gasteiger partial charge >= 0.3 is 6.36 Å². The first-order valence-electron chi connectivity index (χ1n) is 9.22. The Morgan fingerprint density at radius 1 is 1.03 bits per heavy atom. The van der Waals surface area contributed by atoms with Gasteiger partial charge in [0.1, 0.15) is 17.2 Å². The summed E-state index contributed by atoms with van der Waals surface area (Å²) < 4.78 is 57.4. The minimum atomic E-state index is -4.82. The third kappa shape index (κ3) is 4.71. The van der Waals surface area contributed by atoms with Crippen molar-refractivity contribution in [2.45, 2.75) is 18.7 Å². The van der Waals surface area contributed by atoms with Crippen LogP contribution in [0, 0.1) is 5.82 Å². The van der Waals surface area contributed by atoms with Crippen LogP contribution in [-0.4, -0.2) is 26.5 Å². The summed E-state index contributed by atoms with van der Waals surface area (Å²) >= 11 is 0. The monoisotopic (exact) mass is 429 g/mol. The molecule has 0 bridgehead atoms. The molecule has 1 atom stereocenters. The fourth-order valence-electron chi connectivity index (χ4n) is 3.32. The number of benzene rings is 1. The minimum absolute atomic E-state index is 0.0315. The number of halogens is 4. The molecule has 0 saturated heterocycles. The zero-order chi connectivity index (χ0) is 22.0. The minimum Gasteiger partial charge on any atom is -0.406 e. The van der Waals surface area contributed by atoms with Crippen LogP contribution in [0.3, 0.4) is 0 Å². The van der Waals surface area contributed by atoms with Crippen LogP contribution in [0.5, 0.6) is 5.75 Å². The number of hydrogen-bond donors (Lipinski definition) is 0. The molecule has 0 fully saturated rings. The molecule has 0 spiro atoms. The molecule has 0 aliphatic heterocycles. The van der Waals surface area contributed by atoms with Crippen molar-refractivity contribution in [3.8, 4) is 5.75 Å². The van der Waals surface area contributed by atoms with Crippen LogP contribution in [0.25, 0.3) is 5.65 Å². The third-order valence-corrected chi connectivity index (χ3v) is 4.73. The van der Waals surface area contributed by atoms with E-state index in [1.165, 1.54) is 30.5 Å². The van der Waals surface area contributed by atoms with Gasteiger partial charge in [0, 0.05) is 42.7 Å². The lowest BCUT2D eigenvalue weighted by Gasteiger charge is -2.18. The molecular weight excluding hydrogens is 414 g/mol. The summed E-state index contributed by atoms with van der Waals surface area (Å²) in [6.45, 7) is 0. The normalized spacial score (nSPS) is 12.6. The fourth-order valence-corrected chi connectivity index (χ4v) is 3.32. The predicted molar refractivity (Wildman–Crippen MR) is 103 cm³/mol. The van der Waals surface area contributed by atoms with E-state index in [0.29, 0.717) is 16.8 Å². The number of carbonyl (C=O) groups excluding carboxylic acids is 1. The van der Waals surface area contributed by atoms with Crippen molar-refractivity contribution < 1.29 is 27.1 Å². The molecule has 5 nitrogen and oxygen atoms in total. The first kappa shape index (κ1) is 20.5. The first-order chi connectivity index (χ1) is 14.8. The second-order valence-corrected chi connectivity index (χ2v) is 6.78. The molecule has 0 unspecified atom stereocenters. The van der Waals surface area contributed by atoms with E-state index in [9.17, 15) is 22.4 Å². The van der Waals surface area contributed by atoms with Gasteiger partial charge in [-0.15, -0.1) is 13.2 Å². The Labute approximate surface area is 174 Å². The van der Waals surface area contributed by atoms with Gasteiger partial charge in [0.05, 0.1) is 5.69 Å². The lowest BCUT2D eigenvalue weighted by Crippen LogP contribution is -2.17. The molecule has 0 amide bonds. The van der Waals surface area contributed by atoms with E-state index in [0.717, 1.165) is 12.1 Å². The maximum atomic E-state index is 14.5. The van der Waals surface area contributed by atoms with Crippen molar-refractivity contribution in [3.63, 3.8) is 0 Å². The molecule has 0 aliphatic carbocycles. The highest BCUT2D eigenvalue weighted by atomic mass is 19.4. The van der Waals surface area contributed by atoms with E-state index < -0.39 is 23.8 Å². The van der Waals surface area contributed by atoms with Gasteiger partial charge in [-0.05, 0) is 42.0 Å². The Balaban J connectivity index is 1.66. The van der Waals surface area contributed by atoms with E-state index in [2.05, 4.69) is 14.7 Å². The first-order valence-corrected chi connectivity index (χ1v) is 9.22. The summed E-state index contributed by atoms with van der Waals surface area (Å²) in [7, 11) is 0. The van der Waals surface area contributed by atoms with E-state index in [1.54, 1.807) is 35.1 Å². The summed E-state index contributed by atoms with van der Waals surface area (Å²) in [5.74, 6) is -2.09. The van der Waals surface area contributed by atoms with Crippen molar-refractivity contribution in [3.05, 3.63) is 96.0 Å². The highest BCUT2D eigenvalue weighted by Gasteiger charge is 2.31. The van der Waals surface area contributed by atoms with E-state index >= 15 is 0 Å². The lowest BCUT2D eigenvalue weighted by atomic mass is 9.88. The predicted octanol–water partition coefficient (Wildman–Crippen LogP) is 5.17. The SMILES string of the molecule is O=C(C[C@@H](c1ccc(OC(F)(F)F)cc1)c1ncccc1F)c1ccc2nccn2c1.